The van der Waals surface area contributed by atoms with Crippen molar-refractivity contribution in [2.45, 2.75) is 10.9 Å². The maximum atomic E-state index is 12.8. The summed E-state index contributed by atoms with van der Waals surface area (Å²) in [7, 11) is -2.66. The normalized spacial score (nSPS) is 13.1. The largest absolute Gasteiger partial charge is 0.466 e. The van der Waals surface area contributed by atoms with Crippen molar-refractivity contribution in [3.05, 3.63) is 89.5 Å². The first kappa shape index (κ1) is 19.9. The van der Waals surface area contributed by atoms with Gasteiger partial charge >= 0.3 is 5.97 Å². The summed E-state index contributed by atoms with van der Waals surface area (Å²) in [6, 6.07) is 13.4. The fourth-order valence-corrected chi connectivity index (χ4v) is 3.67. The van der Waals surface area contributed by atoms with E-state index in [9.17, 15) is 13.2 Å². The Kier molecular flexibility index (Phi) is 6.74. The lowest BCUT2D eigenvalue weighted by Crippen LogP contribution is -2.32. The summed E-state index contributed by atoms with van der Waals surface area (Å²) in [6.07, 6.45) is 2.81. The molecule has 0 aliphatic rings. The van der Waals surface area contributed by atoms with E-state index < -0.39 is 22.0 Å². The van der Waals surface area contributed by atoms with Gasteiger partial charge in [-0.15, -0.1) is 0 Å². The Labute approximate surface area is 158 Å². The Bertz CT molecular complexity index is 906. The second-order valence-electron chi connectivity index (χ2n) is 5.27. The number of methoxy groups -OCH3 is 1. The van der Waals surface area contributed by atoms with Crippen molar-refractivity contribution in [2.75, 3.05) is 7.11 Å². The van der Waals surface area contributed by atoms with E-state index in [-0.39, 0.29) is 10.5 Å². The summed E-state index contributed by atoms with van der Waals surface area (Å²) in [5.74, 6) is -0.666. The van der Waals surface area contributed by atoms with E-state index in [1.165, 1.54) is 31.4 Å². The lowest BCUT2D eigenvalue weighted by molar-refractivity contribution is -0.136. The highest BCUT2D eigenvalue weighted by molar-refractivity contribution is 7.89. The molecule has 0 saturated heterocycles. The number of hydrogen-bond acceptors (Lipinski definition) is 4. The van der Waals surface area contributed by atoms with E-state index in [0.717, 1.165) is 0 Å². The van der Waals surface area contributed by atoms with Crippen LogP contribution in [-0.2, 0) is 19.6 Å². The van der Waals surface area contributed by atoms with E-state index >= 15 is 0 Å². The first-order chi connectivity index (χ1) is 12.4. The van der Waals surface area contributed by atoms with E-state index in [0.29, 0.717) is 10.6 Å². The summed E-state index contributed by atoms with van der Waals surface area (Å²) in [5, 5.41) is 0.491. The Balaban J connectivity index is 2.53. The summed E-state index contributed by atoms with van der Waals surface area (Å²) in [6.45, 7) is 3.58. The molecule has 1 atom stereocenters. The highest BCUT2D eigenvalue weighted by Gasteiger charge is 2.28. The second kappa shape index (κ2) is 8.80. The maximum absolute atomic E-state index is 12.8. The molecular formula is C19H18ClNO4S. The molecule has 0 fully saturated rings. The molecular weight excluding hydrogens is 374 g/mol. The molecule has 7 heteroatoms. The summed E-state index contributed by atoms with van der Waals surface area (Å²) >= 11 is 5.91. The van der Waals surface area contributed by atoms with Gasteiger partial charge < -0.3 is 4.74 Å². The number of halogens is 1. The molecule has 0 aliphatic carbocycles. The van der Waals surface area contributed by atoms with Crippen molar-refractivity contribution in [2.24, 2.45) is 0 Å². The molecule has 0 radical (unpaired) electrons. The summed E-state index contributed by atoms with van der Waals surface area (Å²) < 4.78 is 32.9. The molecule has 2 rings (SSSR count). The summed E-state index contributed by atoms with van der Waals surface area (Å²) in [5.41, 5.74) is 0.636. The molecule has 1 unspecified atom stereocenters. The fraction of sp³-hybridized carbons (Fsp3) is 0.105. The van der Waals surface area contributed by atoms with Gasteiger partial charge in [0, 0.05) is 5.02 Å². The van der Waals surface area contributed by atoms with Crippen LogP contribution in [0.2, 0.25) is 5.02 Å². The van der Waals surface area contributed by atoms with Crippen LogP contribution in [0.5, 0.6) is 0 Å². The Morgan fingerprint density at radius 1 is 1.15 bits per heavy atom. The van der Waals surface area contributed by atoms with Crippen LogP contribution in [0.4, 0.5) is 0 Å². The monoisotopic (exact) mass is 391 g/mol. The van der Waals surface area contributed by atoms with Crippen molar-refractivity contribution in [3.63, 3.8) is 0 Å². The van der Waals surface area contributed by atoms with E-state index in [2.05, 4.69) is 11.3 Å². The lowest BCUT2D eigenvalue weighted by atomic mass is 9.99. The van der Waals surface area contributed by atoms with Crippen LogP contribution >= 0.6 is 11.6 Å². The molecule has 1 N–H and O–H groups in total. The number of rotatable bonds is 7. The number of esters is 1. The Hall–Kier alpha value is -2.41. The van der Waals surface area contributed by atoms with Crippen LogP contribution in [0, 0.1) is 0 Å². The molecule has 0 saturated carbocycles. The molecule has 2 aromatic rings. The van der Waals surface area contributed by atoms with E-state index in [4.69, 9.17) is 16.3 Å². The predicted octanol–water partition coefficient (Wildman–Crippen LogP) is 3.65. The van der Waals surface area contributed by atoms with Crippen molar-refractivity contribution in [1.82, 2.24) is 4.72 Å². The predicted molar refractivity (Wildman–Crippen MR) is 101 cm³/mol. The second-order valence-corrected chi connectivity index (χ2v) is 7.42. The number of benzene rings is 2. The number of ether oxygens (including phenoxy) is 1. The number of nitrogens with one attached hydrogen (secondary N) is 1. The number of carbonyl (C=O) groups is 1. The van der Waals surface area contributed by atoms with E-state index in [1.807, 2.05) is 0 Å². The first-order valence-electron chi connectivity index (χ1n) is 7.63. The van der Waals surface area contributed by atoms with Gasteiger partial charge in [0.25, 0.3) is 0 Å². The van der Waals surface area contributed by atoms with Gasteiger partial charge in [-0.2, -0.15) is 4.72 Å². The molecule has 0 amide bonds. The molecule has 26 heavy (non-hydrogen) atoms. The highest BCUT2D eigenvalue weighted by Crippen LogP contribution is 2.27. The van der Waals surface area contributed by atoms with Gasteiger partial charge in [0.1, 0.15) is 0 Å². The van der Waals surface area contributed by atoms with Crippen molar-refractivity contribution in [3.8, 4) is 0 Å². The number of hydrogen-bond donors (Lipinski definition) is 1. The molecule has 0 bridgehead atoms. The van der Waals surface area contributed by atoms with Gasteiger partial charge in [-0.05, 0) is 29.8 Å². The maximum Gasteiger partial charge on any atom is 0.335 e. The van der Waals surface area contributed by atoms with Crippen LogP contribution < -0.4 is 4.72 Å². The smallest absolute Gasteiger partial charge is 0.335 e. The van der Waals surface area contributed by atoms with Gasteiger partial charge in [0.2, 0.25) is 10.0 Å². The lowest BCUT2D eigenvalue weighted by Gasteiger charge is -2.21. The van der Waals surface area contributed by atoms with Crippen molar-refractivity contribution in [1.29, 1.82) is 0 Å². The van der Waals surface area contributed by atoms with Crippen LogP contribution in [-0.4, -0.2) is 21.5 Å². The molecule has 0 aromatic heterocycles. The minimum atomic E-state index is -3.89. The number of sulfonamides is 1. The van der Waals surface area contributed by atoms with Gasteiger partial charge in [-0.25, -0.2) is 13.2 Å². The molecule has 5 nitrogen and oxygen atoms in total. The van der Waals surface area contributed by atoms with Gasteiger partial charge in [-0.3, -0.25) is 0 Å². The number of carbonyl (C=O) groups excluding carboxylic acids is 1. The zero-order chi connectivity index (χ0) is 19.2. The Morgan fingerprint density at radius 2 is 1.77 bits per heavy atom. The average Bonchev–Trinajstić information content (AvgIpc) is 2.65. The quantitative estimate of drug-likeness (QED) is 0.444. The third kappa shape index (κ3) is 4.82. The molecule has 0 spiro atoms. The molecule has 2 aromatic carbocycles. The SMILES string of the molecule is C=C/C=C(\C(=O)OC)C(NS(=O)(=O)c1ccccc1)c1ccc(Cl)cc1. The van der Waals surface area contributed by atoms with Crippen molar-refractivity contribution >= 4 is 27.6 Å². The minimum Gasteiger partial charge on any atom is -0.466 e. The third-order valence-corrected chi connectivity index (χ3v) is 5.25. The molecule has 0 heterocycles. The topological polar surface area (TPSA) is 72.5 Å². The average molecular weight is 392 g/mol. The van der Waals surface area contributed by atoms with Crippen molar-refractivity contribution < 1.29 is 17.9 Å². The van der Waals surface area contributed by atoms with Gasteiger partial charge in [-0.1, -0.05) is 60.7 Å². The highest BCUT2D eigenvalue weighted by atomic mass is 35.5. The molecule has 136 valence electrons. The number of allylic oxidation sites excluding steroid dienone is 2. The summed E-state index contributed by atoms with van der Waals surface area (Å²) in [4.78, 5) is 12.3. The zero-order valence-electron chi connectivity index (χ0n) is 14.1. The standard InChI is InChI=1S/C19H18ClNO4S/c1-3-7-17(19(22)25-2)18(14-10-12-15(20)13-11-14)21-26(23,24)16-8-5-4-6-9-16/h3-13,18,21H,1H2,2H3/b17-7-. The van der Waals surface area contributed by atoms with Gasteiger partial charge in [0.15, 0.2) is 0 Å². The van der Waals surface area contributed by atoms with Crippen LogP contribution in [0.3, 0.4) is 0 Å². The third-order valence-electron chi connectivity index (χ3n) is 3.56. The fourth-order valence-electron chi connectivity index (χ4n) is 2.32. The minimum absolute atomic E-state index is 0.0850. The Morgan fingerprint density at radius 3 is 2.31 bits per heavy atom. The molecule has 0 aliphatic heterocycles. The van der Waals surface area contributed by atoms with Crippen LogP contribution in [0.15, 0.2) is 83.8 Å². The van der Waals surface area contributed by atoms with Gasteiger partial charge in [0.05, 0.1) is 23.6 Å². The first-order valence-corrected chi connectivity index (χ1v) is 9.49. The van der Waals surface area contributed by atoms with E-state index in [1.54, 1.807) is 42.5 Å². The van der Waals surface area contributed by atoms with Crippen LogP contribution in [0.25, 0.3) is 0 Å². The van der Waals surface area contributed by atoms with Crippen LogP contribution in [0.1, 0.15) is 11.6 Å². The zero-order valence-corrected chi connectivity index (χ0v) is 15.6.